The highest BCUT2D eigenvalue weighted by molar-refractivity contribution is 7.99. The maximum atomic E-state index is 12.0. The largest absolute Gasteiger partial charge is 0.355 e. The fourth-order valence-corrected chi connectivity index (χ4v) is 4.68. The van der Waals surface area contributed by atoms with Crippen molar-refractivity contribution in [1.82, 2.24) is 10.2 Å². The fourth-order valence-electron chi connectivity index (χ4n) is 3.12. The Balaban J connectivity index is 1.27. The van der Waals surface area contributed by atoms with Crippen LogP contribution in [-0.2, 0) is 17.1 Å². The SMILES string of the molecule is O=C(CSCc1ccccc1)NCC1CCN(Cc2cccs2)CC1. The summed E-state index contributed by atoms with van der Waals surface area (Å²) in [6.45, 7) is 4.19. The normalized spacial score (nSPS) is 16.0. The lowest BCUT2D eigenvalue weighted by Gasteiger charge is -2.31. The molecule has 0 bridgehead atoms. The van der Waals surface area contributed by atoms with E-state index in [1.54, 1.807) is 11.8 Å². The third kappa shape index (κ3) is 6.49. The maximum absolute atomic E-state index is 12.0. The summed E-state index contributed by atoms with van der Waals surface area (Å²) < 4.78 is 0. The van der Waals surface area contributed by atoms with E-state index in [1.165, 1.54) is 23.3 Å². The van der Waals surface area contributed by atoms with E-state index in [4.69, 9.17) is 0 Å². The van der Waals surface area contributed by atoms with E-state index >= 15 is 0 Å². The standard InChI is InChI=1S/C20H26N2OS2/c23-20(16-24-15-18-5-2-1-3-6-18)21-13-17-8-10-22(11-9-17)14-19-7-4-12-25-19/h1-7,12,17H,8-11,13-16H2,(H,21,23). The van der Waals surface area contributed by atoms with Crippen LogP contribution in [0.2, 0.25) is 0 Å². The smallest absolute Gasteiger partial charge is 0.230 e. The molecule has 5 heteroatoms. The van der Waals surface area contributed by atoms with Gasteiger partial charge in [-0.25, -0.2) is 0 Å². The Labute approximate surface area is 158 Å². The monoisotopic (exact) mass is 374 g/mol. The number of amides is 1. The van der Waals surface area contributed by atoms with Gasteiger partial charge in [0.25, 0.3) is 0 Å². The quantitative estimate of drug-likeness (QED) is 0.758. The van der Waals surface area contributed by atoms with Gasteiger partial charge in [-0.3, -0.25) is 9.69 Å². The lowest BCUT2D eigenvalue weighted by molar-refractivity contribution is -0.118. The number of carbonyl (C=O) groups excluding carboxylic acids is 1. The Morgan fingerprint density at radius 1 is 1.16 bits per heavy atom. The Kier molecular flexibility index (Phi) is 7.39. The van der Waals surface area contributed by atoms with Crippen molar-refractivity contribution in [2.75, 3.05) is 25.4 Å². The first-order valence-corrected chi connectivity index (χ1v) is 11.0. The molecule has 3 rings (SSSR count). The number of likely N-dealkylation sites (tertiary alicyclic amines) is 1. The molecule has 2 heterocycles. The third-order valence-electron chi connectivity index (χ3n) is 4.60. The van der Waals surface area contributed by atoms with Crippen LogP contribution in [-0.4, -0.2) is 36.2 Å². The van der Waals surface area contributed by atoms with Crippen LogP contribution in [0.15, 0.2) is 47.8 Å². The van der Waals surface area contributed by atoms with Crippen LogP contribution >= 0.6 is 23.1 Å². The van der Waals surface area contributed by atoms with Gasteiger partial charge in [-0.05, 0) is 48.9 Å². The predicted molar refractivity (Wildman–Crippen MR) is 108 cm³/mol. The second kappa shape index (κ2) is 10.00. The van der Waals surface area contributed by atoms with E-state index in [0.717, 1.165) is 31.9 Å². The molecule has 0 saturated carbocycles. The molecule has 134 valence electrons. The average molecular weight is 375 g/mol. The Hall–Kier alpha value is -1.30. The van der Waals surface area contributed by atoms with Gasteiger partial charge >= 0.3 is 0 Å². The summed E-state index contributed by atoms with van der Waals surface area (Å²) in [4.78, 5) is 16.0. The first kappa shape index (κ1) is 18.5. The zero-order chi connectivity index (χ0) is 17.3. The highest BCUT2D eigenvalue weighted by Gasteiger charge is 2.19. The number of nitrogens with one attached hydrogen (secondary N) is 1. The summed E-state index contributed by atoms with van der Waals surface area (Å²) in [5, 5.41) is 5.27. The third-order valence-corrected chi connectivity index (χ3v) is 6.46. The Morgan fingerprint density at radius 2 is 1.96 bits per heavy atom. The van der Waals surface area contributed by atoms with Crippen molar-refractivity contribution >= 4 is 29.0 Å². The maximum Gasteiger partial charge on any atom is 0.230 e. The number of hydrogen-bond acceptors (Lipinski definition) is 4. The molecule has 1 aliphatic rings. The Morgan fingerprint density at radius 3 is 2.68 bits per heavy atom. The van der Waals surface area contributed by atoms with E-state index in [1.807, 2.05) is 29.5 Å². The molecule has 0 spiro atoms. The number of benzene rings is 1. The molecule has 1 aromatic carbocycles. The van der Waals surface area contributed by atoms with Gasteiger partial charge in [-0.15, -0.1) is 23.1 Å². The number of thiophene rings is 1. The highest BCUT2D eigenvalue weighted by Crippen LogP contribution is 2.20. The van der Waals surface area contributed by atoms with Crippen molar-refractivity contribution in [3.05, 3.63) is 58.3 Å². The summed E-state index contributed by atoms with van der Waals surface area (Å²) in [7, 11) is 0. The molecule has 1 aromatic heterocycles. The molecule has 1 amide bonds. The van der Waals surface area contributed by atoms with Crippen LogP contribution in [0.4, 0.5) is 0 Å². The number of piperidine rings is 1. The van der Waals surface area contributed by atoms with Crippen molar-refractivity contribution in [3.63, 3.8) is 0 Å². The number of nitrogens with zero attached hydrogens (tertiary/aromatic N) is 1. The summed E-state index contributed by atoms with van der Waals surface area (Å²) in [6, 6.07) is 14.7. The van der Waals surface area contributed by atoms with E-state index < -0.39 is 0 Å². The van der Waals surface area contributed by atoms with E-state index in [2.05, 4.69) is 39.9 Å². The van der Waals surface area contributed by atoms with Gasteiger partial charge in [0.1, 0.15) is 0 Å². The predicted octanol–water partition coefficient (Wildman–Crippen LogP) is 4.01. The van der Waals surface area contributed by atoms with Crippen LogP contribution in [0.25, 0.3) is 0 Å². The number of hydrogen-bond donors (Lipinski definition) is 1. The van der Waals surface area contributed by atoms with Crippen molar-refractivity contribution in [2.45, 2.75) is 25.1 Å². The zero-order valence-corrected chi connectivity index (χ0v) is 16.2. The molecular formula is C20H26N2OS2. The minimum Gasteiger partial charge on any atom is -0.355 e. The minimum absolute atomic E-state index is 0.168. The molecule has 1 saturated heterocycles. The van der Waals surface area contributed by atoms with Gasteiger partial charge in [-0.2, -0.15) is 0 Å². The molecular weight excluding hydrogens is 348 g/mol. The van der Waals surface area contributed by atoms with E-state index in [9.17, 15) is 4.79 Å². The second-order valence-corrected chi connectivity index (χ2v) is 8.60. The molecule has 0 radical (unpaired) electrons. The summed E-state index contributed by atoms with van der Waals surface area (Å²) in [5.41, 5.74) is 1.28. The molecule has 1 N–H and O–H groups in total. The summed E-state index contributed by atoms with van der Waals surface area (Å²) in [5.74, 6) is 2.24. The van der Waals surface area contributed by atoms with Crippen molar-refractivity contribution in [3.8, 4) is 0 Å². The molecule has 0 unspecified atom stereocenters. The summed E-state index contributed by atoms with van der Waals surface area (Å²) >= 11 is 3.52. The Bertz CT molecular complexity index is 622. The number of rotatable bonds is 8. The molecule has 2 aromatic rings. The van der Waals surface area contributed by atoms with Crippen LogP contribution in [0, 0.1) is 5.92 Å². The highest BCUT2D eigenvalue weighted by atomic mass is 32.2. The van der Waals surface area contributed by atoms with Crippen LogP contribution in [0.5, 0.6) is 0 Å². The van der Waals surface area contributed by atoms with Gasteiger partial charge in [-0.1, -0.05) is 36.4 Å². The van der Waals surface area contributed by atoms with Gasteiger partial charge in [0, 0.05) is 23.7 Å². The van der Waals surface area contributed by atoms with Crippen molar-refractivity contribution in [1.29, 1.82) is 0 Å². The average Bonchev–Trinajstić information content (AvgIpc) is 3.15. The van der Waals surface area contributed by atoms with Crippen LogP contribution in [0.3, 0.4) is 0 Å². The summed E-state index contributed by atoms with van der Waals surface area (Å²) in [6.07, 6.45) is 2.37. The van der Waals surface area contributed by atoms with Gasteiger partial charge in [0.15, 0.2) is 0 Å². The van der Waals surface area contributed by atoms with Crippen molar-refractivity contribution < 1.29 is 4.79 Å². The topological polar surface area (TPSA) is 32.3 Å². The molecule has 0 aliphatic carbocycles. The zero-order valence-electron chi connectivity index (χ0n) is 14.5. The fraction of sp³-hybridized carbons (Fsp3) is 0.450. The number of carbonyl (C=O) groups is 1. The lowest BCUT2D eigenvalue weighted by atomic mass is 9.97. The first-order chi connectivity index (χ1) is 12.3. The molecule has 0 atom stereocenters. The second-order valence-electron chi connectivity index (χ2n) is 6.58. The van der Waals surface area contributed by atoms with E-state index in [0.29, 0.717) is 11.7 Å². The number of thioether (sulfide) groups is 1. The molecule has 1 fully saturated rings. The molecule has 1 aliphatic heterocycles. The van der Waals surface area contributed by atoms with Crippen molar-refractivity contribution in [2.24, 2.45) is 5.92 Å². The van der Waals surface area contributed by atoms with E-state index in [-0.39, 0.29) is 5.91 Å². The van der Waals surface area contributed by atoms with Crippen LogP contribution in [0.1, 0.15) is 23.3 Å². The molecule has 3 nitrogen and oxygen atoms in total. The molecule has 25 heavy (non-hydrogen) atoms. The lowest BCUT2D eigenvalue weighted by Crippen LogP contribution is -2.38. The first-order valence-electron chi connectivity index (χ1n) is 8.92. The van der Waals surface area contributed by atoms with Gasteiger partial charge in [0.05, 0.1) is 5.75 Å². The minimum atomic E-state index is 0.168. The van der Waals surface area contributed by atoms with Crippen LogP contribution < -0.4 is 5.32 Å². The van der Waals surface area contributed by atoms with Gasteiger partial charge in [0.2, 0.25) is 5.91 Å². The van der Waals surface area contributed by atoms with Gasteiger partial charge < -0.3 is 5.32 Å².